The lowest BCUT2D eigenvalue weighted by Gasteiger charge is -2.38. The fourth-order valence-corrected chi connectivity index (χ4v) is 3.81. The van der Waals surface area contributed by atoms with Crippen molar-refractivity contribution in [3.05, 3.63) is 52.3 Å². The molecule has 0 spiro atoms. The lowest BCUT2D eigenvalue weighted by Crippen LogP contribution is -2.48. The first kappa shape index (κ1) is 15.4. The van der Waals surface area contributed by atoms with E-state index in [1.54, 1.807) is 0 Å². The van der Waals surface area contributed by atoms with Crippen molar-refractivity contribution >= 4 is 5.91 Å². The fourth-order valence-electron chi connectivity index (χ4n) is 3.81. The number of hydrogen-bond donors (Lipinski definition) is 1. The number of hydrogen-bond acceptors (Lipinski definition) is 3. The van der Waals surface area contributed by atoms with E-state index in [-0.39, 0.29) is 18.1 Å². The van der Waals surface area contributed by atoms with Crippen LogP contribution in [-0.4, -0.2) is 40.2 Å². The fraction of sp³-hybridized carbons (Fsp3) is 0.474. The summed E-state index contributed by atoms with van der Waals surface area (Å²) in [4.78, 5) is 15.0. The Morgan fingerprint density at radius 1 is 1.33 bits per heavy atom. The average molecular weight is 325 g/mol. The molecule has 0 radical (unpaired) electrons. The van der Waals surface area contributed by atoms with Crippen LogP contribution in [0.4, 0.5) is 0 Å². The minimum Gasteiger partial charge on any atom is -0.370 e. The number of fused-ring (bicyclic) bond motifs is 1. The van der Waals surface area contributed by atoms with Crippen molar-refractivity contribution in [3.63, 3.8) is 0 Å². The summed E-state index contributed by atoms with van der Waals surface area (Å²) >= 11 is 0. The highest BCUT2D eigenvalue weighted by atomic mass is 16.5. The maximum absolute atomic E-state index is 13.1. The smallest absolute Gasteiger partial charge is 0.275 e. The summed E-state index contributed by atoms with van der Waals surface area (Å²) in [6.07, 6.45) is 2.99. The van der Waals surface area contributed by atoms with Gasteiger partial charge in [0.05, 0.1) is 19.2 Å². The van der Waals surface area contributed by atoms with Gasteiger partial charge in [0.2, 0.25) is 0 Å². The van der Waals surface area contributed by atoms with E-state index in [4.69, 9.17) is 4.74 Å². The molecule has 4 rings (SSSR count). The number of carbonyl (C=O) groups is 1. The van der Waals surface area contributed by atoms with Crippen molar-refractivity contribution in [2.45, 2.75) is 45.3 Å². The van der Waals surface area contributed by atoms with Crippen molar-refractivity contribution in [2.24, 2.45) is 0 Å². The van der Waals surface area contributed by atoms with Crippen LogP contribution in [-0.2, 0) is 17.6 Å². The van der Waals surface area contributed by atoms with Crippen molar-refractivity contribution in [1.82, 2.24) is 15.1 Å². The summed E-state index contributed by atoms with van der Waals surface area (Å²) in [5.41, 5.74) is 5.22. The van der Waals surface area contributed by atoms with Gasteiger partial charge in [0.1, 0.15) is 6.10 Å². The molecule has 1 aromatic carbocycles. The minimum absolute atomic E-state index is 0.0313. The van der Waals surface area contributed by atoms with Crippen molar-refractivity contribution in [3.8, 4) is 0 Å². The molecule has 1 amide bonds. The largest absolute Gasteiger partial charge is 0.370 e. The number of nitrogens with zero attached hydrogens (tertiary/aromatic N) is 2. The van der Waals surface area contributed by atoms with Crippen LogP contribution < -0.4 is 0 Å². The highest BCUT2D eigenvalue weighted by Crippen LogP contribution is 2.30. The zero-order valence-electron chi connectivity index (χ0n) is 14.2. The standard InChI is InChI=1S/C19H23N3O2/c1-12-6-3-4-7-14(12)17-10-22(13(2)11-24-17)19(23)18-15-8-5-9-16(15)20-21-18/h3-4,6-7,13,17H,5,8-11H2,1-2H3,(H,20,21)/t13-,17-/m1/s1. The van der Waals surface area contributed by atoms with Crippen LogP contribution in [0.3, 0.4) is 0 Å². The van der Waals surface area contributed by atoms with Crippen LogP contribution in [0.1, 0.15) is 52.3 Å². The van der Waals surface area contributed by atoms with Gasteiger partial charge >= 0.3 is 0 Å². The van der Waals surface area contributed by atoms with E-state index >= 15 is 0 Å². The SMILES string of the molecule is Cc1ccccc1[C@H]1CN(C(=O)c2n[nH]c3c2CCC3)[C@H](C)CO1. The van der Waals surface area contributed by atoms with E-state index in [9.17, 15) is 4.79 Å². The van der Waals surface area contributed by atoms with E-state index in [1.165, 1.54) is 5.56 Å². The lowest BCUT2D eigenvalue weighted by atomic mass is 10.0. The Morgan fingerprint density at radius 2 is 2.17 bits per heavy atom. The maximum Gasteiger partial charge on any atom is 0.275 e. The first-order valence-corrected chi connectivity index (χ1v) is 8.69. The predicted molar refractivity (Wildman–Crippen MR) is 91.0 cm³/mol. The highest BCUT2D eigenvalue weighted by Gasteiger charge is 2.34. The number of morpholine rings is 1. The van der Waals surface area contributed by atoms with E-state index in [0.717, 1.165) is 36.1 Å². The third kappa shape index (κ3) is 2.53. The molecule has 1 aromatic heterocycles. The molecule has 1 saturated heterocycles. The van der Waals surface area contributed by atoms with Crippen LogP contribution in [0.2, 0.25) is 0 Å². The number of aryl methyl sites for hydroxylation is 2. The molecule has 0 unspecified atom stereocenters. The molecule has 0 bridgehead atoms. The Morgan fingerprint density at radius 3 is 3.00 bits per heavy atom. The molecule has 5 heteroatoms. The van der Waals surface area contributed by atoms with Gasteiger partial charge in [-0.2, -0.15) is 5.10 Å². The van der Waals surface area contributed by atoms with Crippen molar-refractivity contribution in [2.75, 3.05) is 13.2 Å². The van der Waals surface area contributed by atoms with Crippen LogP contribution in [0.15, 0.2) is 24.3 Å². The number of aromatic nitrogens is 2. The number of H-pyrrole nitrogens is 1. The maximum atomic E-state index is 13.1. The average Bonchev–Trinajstić information content (AvgIpc) is 3.19. The van der Waals surface area contributed by atoms with Crippen LogP contribution in [0, 0.1) is 6.92 Å². The van der Waals surface area contributed by atoms with Crippen molar-refractivity contribution in [1.29, 1.82) is 0 Å². The third-order valence-corrected chi connectivity index (χ3v) is 5.24. The Bertz CT molecular complexity index is 768. The van der Waals surface area contributed by atoms with Gasteiger partial charge in [0.25, 0.3) is 5.91 Å². The molecule has 2 aliphatic rings. The number of ether oxygens (including phenoxy) is 1. The van der Waals surface area contributed by atoms with Gasteiger partial charge in [0, 0.05) is 11.3 Å². The summed E-state index contributed by atoms with van der Waals surface area (Å²) in [6, 6.07) is 8.29. The number of nitrogens with one attached hydrogen (secondary N) is 1. The summed E-state index contributed by atoms with van der Waals surface area (Å²) < 4.78 is 6.03. The molecule has 1 N–H and O–H groups in total. The second kappa shape index (κ2) is 6.06. The molecule has 0 saturated carbocycles. The topological polar surface area (TPSA) is 58.2 Å². The Hall–Kier alpha value is -2.14. The monoisotopic (exact) mass is 325 g/mol. The first-order chi connectivity index (χ1) is 11.6. The zero-order valence-corrected chi connectivity index (χ0v) is 14.2. The number of rotatable bonds is 2. The van der Waals surface area contributed by atoms with Gasteiger partial charge in [-0.1, -0.05) is 24.3 Å². The molecular weight excluding hydrogens is 302 g/mol. The van der Waals surface area contributed by atoms with E-state index in [1.807, 2.05) is 24.0 Å². The number of aromatic amines is 1. The highest BCUT2D eigenvalue weighted by molar-refractivity contribution is 5.94. The summed E-state index contributed by atoms with van der Waals surface area (Å²) in [5.74, 6) is 0.0313. The number of amides is 1. The second-order valence-corrected chi connectivity index (χ2v) is 6.87. The molecule has 1 aliphatic heterocycles. The molecule has 126 valence electrons. The van der Waals surface area contributed by atoms with Crippen LogP contribution in [0.25, 0.3) is 0 Å². The molecule has 1 aliphatic carbocycles. The van der Waals surface area contributed by atoms with Gasteiger partial charge in [-0.05, 0) is 44.2 Å². The molecular formula is C19H23N3O2. The molecule has 24 heavy (non-hydrogen) atoms. The third-order valence-electron chi connectivity index (χ3n) is 5.24. The van der Waals surface area contributed by atoms with E-state index in [0.29, 0.717) is 18.8 Å². The van der Waals surface area contributed by atoms with Crippen LogP contribution in [0.5, 0.6) is 0 Å². The second-order valence-electron chi connectivity index (χ2n) is 6.87. The molecule has 5 nitrogen and oxygen atoms in total. The van der Waals surface area contributed by atoms with Crippen LogP contribution >= 0.6 is 0 Å². The lowest BCUT2D eigenvalue weighted by molar-refractivity contribution is -0.0491. The Labute approximate surface area is 142 Å². The summed E-state index contributed by atoms with van der Waals surface area (Å²) in [5, 5.41) is 7.35. The quantitative estimate of drug-likeness (QED) is 0.924. The zero-order chi connectivity index (χ0) is 16.7. The minimum atomic E-state index is -0.0710. The Balaban J connectivity index is 1.59. The van der Waals surface area contributed by atoms with Crippen molar-refractivity contribution < 1.29 is 9.53 Å². The normalized spacial score (nSPS) is 23.3. The van der Waals surface area contributed by atoms with Gasteiger partial charge in [-0.15, -0.1) is 0 Å². The number of benzene rings is 1. The molecule has 2 heterocycles. The van der Waals surface area contributed by atoms with Gasteiger partial charge in [-0.3, -0.25) is 9.89 Å². The van der Waals surface area contributed by atoms with E-state index in [2.05, 4.69) is 29.3 Å². The summed E-state index contributed by atoms with van der Waals surface area (Å²) in [6.45, 7) is 5.26. The first-order valence-electron chi connectivity index (χ1n) is 8.69. The molecule has 2 aromatic rings. The van der Waals surface area contributed by atoms with E-state index < -0.39 is 0 Å². The molecule has 1 fully saturated rings. The van der Waals surface area contributed by atoms with Gasteiger partial charge in [-0.25, -0.2) is 0 Å². The van der Waals surface area contributed by atoms with Gasteiger partial charge in [0.15, 0.2) is 5.69 Å². The molecule has 2 atom stereocenters. The predicted octanol–water partition coefficient (Wildman–Crippen LogP) is 2.81. The summed E-state index contributed by atoms with van der Waals surface area (Å²) in [7, 11) is 0. The Kier molecular flexibility index (Phi) is 3.88. The number of carbonyl (C=O) groups excluding carboxylic acids is 1. The van der Waals surface area contributed by atoms with Gasteiger partial charge < -0.3 is 9.64 Å².